The Morgan fingerprint density at radius 3 is 2.73 bits per heavy atom. The summed E-state index contributed by atoms with van der Waals surface area (Å²) in [5.41, 5.74) is 8.24. The Labute approximate surface area is 161 Å². The Kier molecular flexibility index (Phi) is 5.93. The van der Waals surface area contributed by atoms with Gasteiger partial charge in [-0.25, -0.2) is 4.79 Å². The van der Waals surface area contributed by atoms with Gasteiger partial charge in [-0.15, -0.1) is 0 Å². The third-order valence-corrected chi connectivity index (χ3v) is 5.03. The van der Waals surface area contributed by atoms with Gasteiger partial charge in [0.15, 0.2) is 5.78 Å². The van der Waals surface area contributed by atoms with Crippen LogP contribution in [0.25, 0.3) is 0 Å². The number of carbonyl (C=O) groups is 2. The first-order valence-corrected chi connectivity index (χ1v) is 9.38. The molecular weight excluding hydrogens is 396 g/mol. The van der Waals surface area contributed by atoms with Crippen molar-refractivity contribution in [2.75, 3.05) is 12.3 Å². The van der Waals surface area contributed by atoms with Crippen LogP contribution < -0.4 is 5.73 Å². The van der Waals surface area contributed by atoms with E-state index in [9.17, 15) is 9.59 Å². The van der Waals surface area contributed by atoms with E-state index in [1.807, 2.05) is 42.5 Å². The molecule has 1 amide bonds. The fourth-order valence-corrected chi connectivity index (χ4v) is 3.56. The minimum atomic E-state index is -0.448. The van der Waals surface area contributed by atoms with Crippen molar-refractivity contribution in [1.82, 2.24) is 4.90 Å². The van der Waals surface area contributed by atoms with Crippen LogP contribution in [0.2, 0.25) is 0 Å². The van der Waals surface area contributed by atoms with E-state index in [4.69, 9.17) is 10.5 Å². The molecule has 2 aromatic rings. The molecule has 5 nitrogen and oxygen atoms in total. The SMILES string of the molecule is Nc1ccc(Br)cc1CC(=O)C1CCCN1C(=O)OCc1ccccc1. The highest BCUT2D eigenvalue weighted by Crippen LogP contribution is 2.24. The van der Waals surface area contributed by atoms with Crippen LogP contribution in [-0.2, 0) is 22.6 Å². The highest BCUT2D eigenvalue weighted by Gasteiger charge is 2.35. The maximum atomic E-state index is 12.7. The number of ether oxygens (including phenoxy) is 1. The normalized spacial score (nSPS) is 16.5. The topological polar surface area (TPSA) is 72.6 Å². The molecule has 1 fully saturated rings. The van der Waals surface area contributed by atoms with E-state index in [1.165, 1.54) is 0 Å². The van der Waals surface area contributed by atoms with Crippen molar-refractivity contribution in [3.8, 4) is 0 Å². The second-order valence-corrected chi connectivity index (χ2v) is 7.29. The number of hydrogen-bond donors (Lipinski definition) is 1. The lowest BCUT2D eigenvalue weighted by Crippen LogP contribution is -2.41. The maximum absolute atomic E-state index is 12.7. The molecule has 136 valence electrons. The van der Waals surface area contributed by atoms with Crippen molar-refractivity contribution < 1.29 is 14.3 Å². The Morgan fingerprint density at radius 2 is 1.96 bits per heavy atom. The third-order valence-electron chi connectivity index (χ3n) is 4.53. The minimum absolute atomic E-state index is 0.0102. The van der Waals surface area contributed by atoms with E-state index >= 15 is 0 Å². The lowest BCUT2D eigenvalue weighted by Gasteiger charge is -2.23. The van der Waals surface area contributed by atoms with Gasteiger partial charge in [-0.2, -0.15) is 0 Å². The van der Waals surface area contributed by atoms with Crippen molar-refractivity contribution in [3.05, 3.63) is 64.1 Å². The van der Waals surface area contributed by atoms with Gasteiger partial charge in [0, 0.05) is 23.1 Å². The molecule has 3 rings (SSSR count). The number of carbonyl (C=O) groups excluding carboxylic acids is 2. The maximum Gasteiger partial charge on any atom is 0.410 e. The van der Waals surface area contributed by atoms with Gasteiger partial charge in [0.25, 0.3) is 0 Å². The number of Topliss-reactive ketones (excluding diaryl/α,β-unsaturated/α-hetero) is 1. The van der Waals surface area contributed by atoms with Gasteiger partial charge in [0.05, 0.1) is 6.04 Å². The van der Waals surface area contributed by atoms with Gasteiger partial charge in [-0.3, -0.25) is 9.69 Å². The van der Waals surface area contributed by atoms with Crippen LogP contribution in [-0.4, -0.2) is 29.4 Å². The molecule has 6 heteroatoms. The second-order valence-electron chi connectivity index (χ2n) is 6.38. The highest BCUT2D eigenvalue weighted by molar-refractivity contribution is 9.10. The largest absolute Gasteiger partial charge is 0.445 e. The molecule has 0 radical (unpaired) electrons. The minimum Gasteiger partial charge on any atom is -0.445 e. The van der Waals surface area contributed by atoms with Crippen LogP contribution in [0.5, 0.6) is 0 Å². The van der Waals surface area contributed by atoms with E-state index in [0.29, 0.717) is 18.7 Å². The number of amides is 1. The zero-order valence-corrected chi connectivity index (χ0v) is 15.9. The Balaban J connectivity index is 1.62. The molecule has 2 N–H and O–H groups in total. The van der Waals surface area contributed by atoms with Gasteiger partial charge in [-0.1, -0.05) is 46.3 Å². The lowest BCUT2D eigenvalue weighted by molar-refractivity contribution is -0.122. The summed E-state index contributed by atoms with van der Waals surface area (Å²) in [5, 5.41) is 0. The monoisotopic (exact) mass is 416 g/mol. The summed E-state index contributed by atoms with van der Waals surface area (Å²) < 4.78 is 6.26. The summed E-state index contributed by atoms with van der Waals surface area (Å²) in [5.74, 6) is -0.0102. The molecule has 0 aliphatic carbocycles. The predicted molar refractivity (Wildman–Crippen MR) is 104 cm³/mol. The fraction of sp³-hybridized carbons (Fsp3) is 0.300. The van der Waals surface area contributed by atoms with Gasteiger partial charge in [0.2, 0.25) is 0 Å². The van der Waals surface area contributed by atoms with E-state index < -0.39 is 12.1 Å². The quantitative estimate of drug-likeness (QED) is 0.748. The lowest BCUT2D eigenvalue weighted by atomic mass is 10.0. The van der Waals surface area contributed by atoms with E-state index in [1.54, 1.807) is 11.0 Å². The molecule has 1 heterocycles. The van der Waals surface area contributed by atoms with Crippen molar-refractivity contribution >= 4 is 33.5 Å². The summed E-state index contributed by atoms with van der Waals surface area (Å²) in [6.07, 6.45) is 1.23. The molecule has 0 saturated carbocycles. The molecule has 1 aliphatic rings. The zero-order valence-electron chi connectivity index (χ0n) is 14.4. The molecule has 1 atom stereocenters. The fourth-order valence-electron chi connectivity index (χ4n) is 3.16. The van der Waals surface area contributed by atoms with Crippen molar-refractivity contribution in [3.63, 3.8) is 0 Å². The smallest absolute Gasteiger partial charge is 0.410 e. The van der Waals surface area contributed by atoms with Crippen LogP contribution in [0.15, 0.2) is 53.0 Å². The molecule has 0 bridgehead atoms. The van der Waals surface area contributed by atoms with Crippen LogP contribution >= 0.6 is 15.9 Å². The molecule has 26 heavy (non-hydrogen) atoms. The Hall–Kier alpha value is -2.34. The average Bonchev–Trinajstić information content (AvgIpc) is 3.13. The Bertz CT molecular complexity index is 795. The number of halogens is 1. The number of nitrogens with zero attached hydrogens (tertiary/aromatic N) is 1. The number of nitrogens with two attached hydrogens (primary N) is 1. The summed E-state index contributed by atoms with van der Waals surface area (Å²) in [6, 6.07) is 14.5. The summed E-state index contributed by atoms with van der Waals surface area (Å²) in [6.45, 7) is 0.744. The molecule has 1 saturated heterocycles. The number of rotatable bonds is 5. The number of benzene rings is 2. The van der Waals surface area contributed by atoms with Crippen molar-refractivity contribution in [1.29, 1.82) is 0 Å². The highest BCUT2D eigenvalue weighted by atomic mass is 79.9. The predicted octanol–water partition coefficient (Wildman–Crippen LogP) is 3.94. The van der Waals surface area contributed by atoms with Crippen LogP contribution in [0.3, 0.4) is 0 Å². The van der Waals surface area contributed by atoms with Gasteiger partial charge < -0.3 is 10.5 Å². The Morgan fingerprint density at radius 1 is 1.19 bits per heavy atom. The van der Waals surface area contributed by atoms with Gasteiger partial charge in [0.1, 0.15) is 6.61 Å². The van der Waals surface area contributed by atoms with Crippen molar-refractivity contribution in [2.45, 2.75) is 31.9 Å². The third kappa shape index (κ3) is 4.43. The number of nitrogen functional groups attached to an aromatic ring is 1. The summed E-state index contributed by atoms with van der Waals surface area (Å²) in [7, 11) is 0. The van der Waals surface area contributed by atoms with Gasteiger partial charge >= 0.3 is 6.09 Å². The summed E-state index contributed by atoms with van der Waals surface area (Å²) in [4.78, 5) is 26.7. The number of likely N-dealkylation sites (tertiary alicyclic amines) is 1. The zero-order chi connectivity index (χ0) is 18.5. The first-order chi connectivity index (χ1) is 12.5. The van der Waals surface area contributed by atoms with E-state index in [0.717, 1.165) is 22.0 Å². The summed E-state index contributed by atoms with van der Waals surface area (Å²) >= 11 is 3.40. The molecule has 2 aromatic carbocycles. The van der Waals surface area contributed by atoms with E-state index in [-0.39, 0.29) is 18.8 Å². The van der Waals surface area contributed by atoms with E-state index in [2.05, 4.69) is 15.9 Å². The number of ketones is 1. The van der Waals surface area contributed by atoms with Crippen LogP contribution in [0.1, 0.15) is 24.0 Å². The second kappa shape index (κ2) is 8.36. The first-order valence-electron chi connectivity index (χ1n) is 8.58. The van der Waals surface area contributed by atoms with Crippen LogP contribution in [0, 0.1) is 0 Å². The average molecular weight is 417 g/mol. The van der Waals surface area contributed by atoms with Gasteiger partial charge in [-0.05, 0) is 42.2 Å². The molecule has 0 aromatic heterocycles. The van der Waals surface area contributed by atoms with Crippen LogP contribution in [0.4, 0.5) is 10.5 Å². The molecule has 0 spiro atoms. The number of anilines is 1. The molecular formula is C20H21BrN2O3. The molecule has 1 aliphatic heterocycles. The number of hydrogen-bond acceptors (Lipinski definition) is 4. The van der Waals surface area contributed by atoms with Crippen molar-refractivity contribution in [2.24, 2.45) is 0 Å². The molecule has 1 unspecified atom stereocenters. The standard InChI is InChI=1S/C20H21BrN2O3/c21-16-8-9-17(22)15(11-16)12-19(24)18-7-4-10-23(18)20(25)26-13-14-5-2-1-3-6-14/h1-3,5-6,8-9,11,18H,4,7,10,12-13,22H2. The first kappa shape index (κ1) is 18.5.